The lowest BCUT2D eigenvalue weighted by molar-refractivity contribution is -0.136. The molecule has 0 heterocycles. The van der Waals surface area contributed by atoms with E-state index in [2.05, 4.69) is 39.2 Å². The molecule has 16 heavy (non-hydrogen) atoms. The Morgan fingerprint density at radius 2 is 1.94 bits per heavy atom. The SMILES string of the molecule is CC(CNCC(=O)O)O[Si](C)(C)C(C)(C)C. The van der Waals surface area contributed by atoms with Crippen molar-refractivity contribution in [2.75, 3.05) is 13.1 Å². The van der Waals surface area contributed by atoms with Gasteiger partial charge in [-0.05, 0) is 25.1 Å². The molecule has 0 rings (SSSR count). The number of nitrogens with one attached hydrogen (secondary N) is 1. The van der Waals surface area contributed by atoms with Gasteiger partial charge in [-0.2, -0.15) is 0 Å². The fraction of sp³-hybridized carbons (Fsp3) is 0.909. The summed E-state index contributed by atoms with van der Waals surface area (Å²) in [6.45, 7) is 13.5. The number of hydrogen-bond donors (Lipinski definition) is 2. The number of carbonyl (C=O) groups is 1. The third kappa shape index (κ3) is 5.63. The Morgan fingerprint density at radius 3 is 2.31 bits per heavy atom. The zero-order valence-corrected chi connectivity index (χ0v) is 12.3. The van der Waals surface area contributed by atoms with E-state index in [9.17, 15) is 4.79 Å². The standard InChI is InChI=1S/C11H25NO3Si/c1-9(7-12-8-10(13)14)15-16(5,6)11(2,3)4/h9,12H,7-8H2,1-6H3,(H,13,14). The van der Waals surface area contributed by atoms with Gasteiger partial charge in [0, 0.05) is 6.54 Å². The quantitative estimate of drug-likeness (QED) is 0.706. The van der Waals surface area contributed by atoms with Crippen molar-refractivity contribution in [2.45, 2.75) is 51.9 Å². The van der Waals surface area contributed by atoms with Gasteiger partial charge >= 0.3 is 5.97 Å². The van der Waals surface area contributed by atoms with Crippen LogP contribution < -0.4 is 5.32 Å². The van der Waals surface area contributed by atoms with E-state index in [1.54, 1.807) is 0 Å². The van der Waals surface area contributed by atoms with Gasteiger partial charge in [-0.3, -0.25) is 4.79 Å². The van der Waals surface area contributed by atoms with Gasteiger partial charge in [0.15, 0.2) is 8.32 Å². The van der Waals surface area contributed by atoms with E-state index in [0.717, 1.165) is 0 Å². The topological polar surface area (TPSA) is 58.6 Å². The Kier molecular flexibility index (Phi) is 5.65. The first kappa shape index (κ1) is 15.6. The molecule has 0 aromatic rings. The predicted octanol–water partition coefficient (Wildman–Crippen LogP) is 2.07. The van der Waals surface area contributed by atoms with Crippen molar-refractivity contribution in [2.24, 2.45) is 0 Å². The molecule has 2 N–H and O–H groups in total. The average molecular weight is 247 g/mol. The van der Waals surface area contributed by atoms with Crippen LogP contribution in [-0.4, -0.2) is 38.6 Å². The zero-order valence-electron chi connectivity index (χ0n) is 11.3. The van der Waals surface area contributed by atoms with Gasteiger partial charge < -0.3 is 14.8 Å². The number of carboxylic acids is 1. The number of hydrogen-bond acceptors (Lipinski definition) is 3. The maximum absolute atomic E-state index is 10.3. The minimum Gasteiger partial charge on any atom is -0.480 e. The van der Waals surface area contributed by atoms with E-state index in [1.165, 1.54) is 0 Å². The summed E-state index contributed by atoms with van der Waals surface area (Å²) >= 11 is 0. The fourth-order valence-electron chi connectivity index (χ4n) is 1.10. The van der Waals surface area contributed by atoms with Crippen LogP contribution in [0.3, 0.4) is 0 Å². The Morgan fingerprint density at radius 1 is 1.44 bits per heavy atom. The summed E-state index contributed by atoms with van der Waals surface area (Å²) in [5.74, 6) is -0.834. The molecule has 0 saturated heterocycles. The summed E-state index contributed by atoms with van der Waals surface area (Å²) in [5, 5.41) is 11.5. The Hall–Kier alpha value is -0.393. The van der Waals surface area contributed by atoms with Gasteiger partial charge in [0.1, 0.15) is 0 Å². The Balaban J connectivity index is 4.04. The fourth-order valence-corrected chi connectivity index (χ4v) is 2.55. The zero-order chi connectivity index (χ0) is 13.0. The molecule has 0 spiro atoms. The van der Waals surface area contributed by atoms with E-state index >= 15 is 0 Å². The van der Waals surface area contributed by atoms with Crippen molar-refractivity contribution in [1.82, 2.24) is 5.32 Å². The predicted molar refractivity (Wildman–Crippen MR) is 68.2 cm³/mol. The van der Waals surface area contributed by atoms with Crippen LogP contribution in [-0.2, 0) is 9.22 Å². The first-order chi connectivity index (χ1) is 7.06. The lowest BCUT2D eigenvalue weighted by Gasteiger charge is -2.38. The van der Waals surface area contributed by atoms with Crippen molar-refractivity contribution in [3.8, 4) is 0 Å². The molecular formula is C11H25NO3Si. The molecule has 5 heteroatoms. The first-order valence-corrected chi connectivity index (χ1v) is 8.57. The molecule has 0 bridgehead atoms. The van der Waals surface area contributed by atoms with Gasteiger partial charge in [0.25, 0.3) is 0 Å². The minimum atomic E-state index is -1.73. The first-order valence-electron chi connectivity index (χ1n) is 5.66. The lowest BCUT2D eigenvalue weighted by atomic mass is 10.2. The van der Waals surface area contributed by atoms with Crippen molar-refractivity contribution >= 4 is 14.3 Å². The highest BCUT2D eigenvalue weighted by atomic mass is 28.4. The Labute approximate surface area is 99.5 Å². The molecule has 0 amide bonds. The van der Waals surface area contributed by atoms with Crippen LogP contribution in [0.1, 0.15) is 27.7 Å². The van der Waals surface area contributed by atoms with E-state index in [1.807, 2.05) is 6.92 Å². The summed E-state index contributed by atoms with van der Waals surface area (Å²) in [6.07, 6.45) is 0.0558. The Bertz CT molecular complexity index is 236. The molecule has 0 radical (unpaired) electrons. The normalized spacial score (nSPS) is 14.9. The van der Waals surface area contributed by atoms with Crippen LogP contribution in [0.2, 0.25) is 18.1 Å². The van der Waals surface area contributed by atoms with E-state index in [-0.39, 0.29) is 17.7 Å². The number of carboxylic acid groups (broad SMARTS) is 1. The van der Waals surface area contributed by atoms with Crippen LogP contribution >= 0.6 is 0 Å². The smallest absolute Gasteiger partial charge is 0.317 e. The summed E-state index contributed by atoms with van der Waals surface area (Å²) in [6, 6.07) is 0. The van der Waals surface area contributed by atoms with Crippen molar-refractivity contribution < 1.29 is 14.3 Å². The number of aliphatic carboxylic acids is 1. The molecule has 0 saturated carbocycles. The third-order valence-corrected chi connectivity index (χ3v) is 7.61. The van der Waals surface area contributed by atoms with Crippen molar-refractivity contribution in [3.05, 3.63) is 0 Å². The van der Waals surface area contributed by atoms with E-state index in [0.29, 0.717) is 6.54 Å². The molecular weight excluding hydrogens is 222 g/mol. The molecule has 0 aromatic carbocycles. The molecule has 96 valence electrons. The van der Waals surface area contributed by atoms with Crippen LogP contribution in [0.5, 0.6) is 0 Å². The summed E-state index contributed by atoms with van der Waals surface area (Å²) < 4.78 is 6.07. The second-order valence-electron chi connectivity index (χ2n) is 5.71. The highest BCUT2D eigenvalue weighted by Crippen LogP contribution is 2.37. The van der Waals surface area contributed by atoms with Gasteiger partial charge in [-0.1, -0.05) is 20.8 Å². The molecule has 0 aliphatic heterocycles. The highest BCUT2D eigenvalue weighted by Gasteiger charge is 2.38. The third-order valence-electron chi connectivity index (χ3n) is 3.01. The van der Waals surface area contributed by atoms with Gasteiger partial charge in [-0.25, -0.2) is 0 Å². The average Bonchev–Trinajstić information content (AvgIpc) is 1.99. The number of rotatable bonds is 6. The maximum atomic E-state index is 10.3. The lowest BCUT2D eigenvalue weighted by Crippen LogP contribution is -2.45. The highest BCUT2D eigenvalue weighted by molar-refractivity contribution is 6.74. The largest absolute Gasteiger partial charge is 0.480 e. The van der Waals surface area contributed by atoms with E-state index in [4.69, 9.17) is 9.53 Å². The second kappa shape index (κ2) is 5.79. The molecule has 0 aliphatic rings. The summed E-state index contributed by atoms with van der Waals surface area (Å²) in [4.78, 5) is 10.3. The molecule has 0 fully saturated rings. The molecule has 0 aromatic heterocycles. The van der Waals surface area contributed by atoms with Gasteiger partial charge in [-0.15, -0.1) is 0 Å². The minimum absolute atomic E-state index is 0.00873. The monoisotopic (exact) mass is 247 g/mol. The van der Waals surface area contributed by atoms with Crippen molar-refractivity contribution in [1.29, 1.82) is 0 Å². The maximum Gasteiger partial charge on any atom is 0.317 e. The van der Waals surface area contributed by atoms with Crippen molar-refractivity contribution in [3.63, 3.8) is 0 Å². The van der Waals surface area contributed by atoms with Gasteiger partial charge in [0.05, 0.1) is 12.6 Å². The van der Waals surface area contributed by atoms with Crippen LogP contribution in [0.15, 0.2) is 0 Å². The van der Waals surface area contributed by atoms with Crippen LogP contribution in [0, 0.1) is 0 Å². The van der Waals surface area contributed by atoms with Crippen LogP contribution in [0.25, 0.3) is 0 Å². The molecule has 0 aliphatic carbocycles. The molecule has 1 atom stereocenters. The molecule has 4 nitrogen and oxygen atoms in total. The second-order valence-corrected chi connectivity index (χ2v) is 10.5. The summed E-state index contributed by atoms with van der Waals surface area (Å²) in [5.41, 5.74) is 0. The van der Waals surface area contributed by atoms with Crippen LogP contribution in [0.4, 0.5) is 0 Å². The van der Waals surface area contributed by atoms with Gasteiger partial charge in [0.2, 0.25) is 0 Å². The van der Waals surface area contributed by atoms with E-state index < -0.39 is 14.3 Å². The molecule has 1 unspecified atom stereocenters. The summed E-state index contributed by atoms with van der Waals surface area (Å²) in [7, 11) is -1.73.